The average Bonchev–Trinajstić information content (AvgIpc) is 3.22. The molecule has 6 heteroatoms. The number of hydrogen-bond donors (Lipinski definition) is 1. The summed E-state index contributed by atoms with van der Waals surface area (Å²) < 4.78 is 1.79. The second-order valence-corrected chi connectivity index (χ2v) is 5.63. The molecule has 2 heterocycles. The second-order valence-electron chi connectivity index (χ2n) is 5.63. The topological polar surface area (TPSA) is 65.8 Å². The summed E-state index contributed by atoms with van der Waals surface area (Å²) in [6.45, 7) is 3.62. The van der Waals surface area contributed by atoms with Gasteiger partial charge in [0.1, 0.15) is 0 Å². The zero-order chi connectivity index (χ0) is 14.3. The maximum absolute atomic E-state index is 12.0. The molecule has 1 saturated carbocycles. The van der Waals surface area contributed by atoms with Crippen molar-refractivity contribution in [1.82, 2.24) is 9.47 Å². The third kappa shape index (κ3) is 2.37. The maximum Gasteiger partial charge on any atom is 0.407 e. The standard InChI is InChI=1S/C14H19N3O3/c1-10-9-15(6-7-16(10)14(19)20)12-4-5-17(11-2-3-11)13(18)8-12/h4-5,8,10-11H,2-3,6-7,9H2,1H3,(H,19,20). The largest absolute Gasteiger partial charge is 0.465 e. The lowest BCUT2D eigenvalue weighted by Gasteiger charge is -2.39. The Bertz CT molecular complexity index is 579. The highest BCUT2D eigenvalue weighted by atomic mass is 16.4. The van der Waals surface area contributed by atoms with Gasteiger partial charge in [-0.2, -0.15) is 0 Å². The molecule has 3 rings (SSSR count). The molecule has 1 amide bonds. The van der Waals surface area contributed by atoms with E-state index in [1.54, 1.807) is 10.6 Å². The zero-order valence-corrected chi connectivity index (χ0v) is 11.5. The molecule has 0 radical (unpaired) electrons. The molecule has 1 unspecified atom stereocenters. The SMILES string of the molecule is CC1CN(c2ccn(C3CC3)c(=O)c2)CCN1C(=O)O. The third-order valence-corrected chi connectivity index (χ3v) is 4.11. The summed E-state index contributed by atoms with van der Waals surface area (Å²) in [5.41, 5.74) is 0.933. The first-order valence-corrected chi connectivity index (χ1v) is 7.03. The van der Waals surface area contributed by atoms with E-state index in [0.29, 0.717) is 25.7 Å². The van der Waals surface area contributed by atoms with Crippen LogP contribution in [0, 0.1) is 0 Å². The minimum atomic E-state index is -0.874. The number of hydrogen-bond acceptors (Lipinski definition) is 3. The van der Waals surface area contributed by atoms with Gasteiger partial charge in [-0.25, -0.2) is 4.79 Å². The van der Waals surface area contributed by atoms with Gasteiger partial charge in [-0.05, 0) is 25.8 Å². The summed E-state index contributed by atoms with van der Waals surface area (Å²) >= 11 is 0. The van der Waals surface area contributed by atoms with E-state index in [1.165, 1.54) is 4.90 Å². The van der Waals surface area contributed by atoms with Gasteiger partial charge in [0.05, 0.1) is 0 Å². The predicted molar refractivity (Wildman–Crippen MR) is 75.4 cm³/mol. The van der Waals surface area contributed by atoms with E-state index in [9.17, 15) is 9.59 Å². The molecule has 1 aliphatic heterocycles. The highest BCUT2D eigenvalue weighted by Crippen LogP contribution is 2.33. The maximum atomic E-state index is 12.0. The summed E-state index contributed by atoms with van der Waals surface area (Å²) in [4.78, 5) is 26.6. The van der Waals surface area contributed by atoms with Crippen molar-refractivity contribution in [3.05, 3.63) is 28.7 Å². The van der Waals surface area contributed by atoms with Gasteiger partial charge in [0, 0.05) is 49.7 Å². The molecule has 108 valence electrons. The highest BCUT2D eigenvalue weighted by Gasteiger charge is 2.28. The number of carbonyl (C=O) groups is 1. The van der Waals surface area contributed by atoms with Crippen molar-refractivity contribution < 1.29 is 9.90 Å². The molecule has 20 heavy (non-hydrogen) atoms. The first-order valence-electron chi connectivity index (χ1n) is 7.03. The Morgan fingerprint density at radius 3 is 2.65 bits per heavy atom. The van der Waals surface area contributed by atoms with Crippen LogP contribution in [0.3, 0.4) is 0 Å². The van der Waals surface area contributed by atoms with Crippen LogP contribution in [0.4, 0.5) is 10.5 Å². The molecule has 1 atom stereocenters. The van der Waals surface area contributed by atoms with Crippen LogP contribution in [-0.2, 0) is 0 Å². The van der Waals surface area contributed by atoms with Crippen molar-refractivity contribution in [3.8, 4) is 0 Å². The van der Waals surface area contributed by atoms with Gasteiger partial charge >= 0.3 is 6.09 Å². The van der Waals surface area contributed by atoms with Gasteiger partial charge in [0.15, 0.2) is 0 Å². The van der Waals surface area contributed by atoms with E-state index < -0.39 is 6.09 Å². The van der Waals surface area contributed by atoms with Gasteiger partial charge in [0.25, 0.3) is 5.56 Å². The zero-order valence-electron chi connectivity index (χ0n) is 11.5. The molecule has 2 fully saturated rings. The van der Waals surface area contributed by atoms with Gasteiger partial charge in [-0.3, -0.25) is 4.79 Å². The molecule has 0 bridgehead atoms. The molecule has 1 aromatic rings. The molecule has 1 N–H and O–H groups in total. The lowest BCUT2D eigenvalue weighted by atomic mass is 10.2. The van der Waals surface area contributed by atoms with E-state index in [4.69, 9.17) is 5.11 Å². The Hall–Kier alpha value is -1.98. The number of nitrogens with zero attached hydrogens (tertiary/aromatic N) is 3. The third-order valence-electron chi connectivity index (χ3n) is 4.11. The summed E-state index contributed by atoms with van der Waals surface area (Å²) in [5.74, 6) is 0. The van der Waals surface area contributed by atoms with Crippen molar-refractivity contribution in [2.24, 2.45) is 0 Å². The van der Waals surface area contributed by atoms with E-state index in [2.05, 4.69) is 4.90 Å². The van der Waals surface area contributed by atoms with Crippen LogP contribution in [0.15, 0.2) is 23.1 Å². The van der Waals surface area contributed by atoms with Crippen LogP contribution in [0.2, 0.25) is 0 Å². The molecule has 2 aliphatic rings. The fourth-order valence-corrected chi connectivity index (χ4v) is 2.81. The predicted octanol–water partition coefficient (Wildman–Crippen LogP) is 1.37. The number of pyridine rings is 1. The minimum absolute atomic E-state index is 0.0401. The Morgan fingerprint density at radius 2 is 2.10 bits per heavy atom. The van der Waals surface area contributed by atoms with Crippen molar-refractivity contribution in [2.45, 2.75) is 31.8 Å². The van der Waals surface area contributed by atoms with Crippen LogP contribution >= 0.6 is 0 Å². The normalized spacial score (nSPS) is 22.9. The molecule has 6 nitrogen and oxygen atoms in total. The summed E-state index contributed by atoms with van der Waals surface area (Å²) in [6, 6.07) is 3.95. The van der Waals surface area contributed by atoms with Crippen molar-refractivity contribution in [2.75, 3.05) is 24.5 Å². The van der Waals surface area contributed by atoms with Crippen LogP contribution < -0.4 is 10.5 Å². The van der Waals surface area contributed by atoms with Gasteiger partial charge in [0.2, 0.25) is 0 Å². The lowest BCUT2D eigenvalue weighted by molar-refractivity contribution is 0.122. The van der Waals surface area contributed by atoms with Gasteiger partial charge in [-0.1, -0.05) is 0 Å². The van der Waals surface area contributed by atoms with Crippen LogP contribution in [0.5, 0.6) is 0 Å². The Morgan fingerprint density at radius 1 is 1.35 bits per heavy atom. The van der Waals surface area contributed by atoms with E-state index in [0.717, 1.165) is 18.5 Å². The highest BCUT2D eigenvalue weighted by molar-refractivity contribution is 5.66. The quantitative estimate of drug-likeness (QED) is 0.886. The average molecular weight is 277 g/mol. The molecule has 1 aliphatic carbocycles. The fraction of sp³-hybridized carbons (Fsp3) is 0.571. The Balaban J connectivity index is 1.75. The minimum Gasteiger partial charge on any atom is -0.465 e. The van der Waals surface area contributed by atoms with Crippen LogP contribution in [0.25, 0.3) is 0 Å². The number of rotatable bonds is 2. The van der Waals surface area contributed by atoms with Crippen molar-refractivity contribution in [1.29, 1.82) is 0 Å². The number of amides is 1. The van der Waals surface area contributed by atoms with E-state index >= 15 is 0 Å². The van der Waals surface area contributed by atoms with Crippen LogP contribution in [0.1, 0.15) is 25.8 Å². The molecule has 0 aromatic carbocycles. The number of aromatic nitrogens is 1. The number of carboxylic acid groups (broad SMARTS) is 1. The van der Waals surface area contributed by atoms with E-state index in [-0.39, 0.29) is 11.6 Å². The smallest absolute Gasteiger partial charge is 0.407 e. The Labute approximate surface area is 117 Å². The fourth-order valence-electron chi connectivity index (χ4n) is 2.81. The summed E-state index contributed by atoms with van der Waals surface area (Å²) in [5, 5.41) is 9.07. The number of piperazine rings is 1. The molecular weight excluding hydrogens is 258 g/mol. The van der Waals surface area contributed by atoms with Crippen molar-refractivity contribution >= 4 is 11.8 Å². The van der Waals surface area contributed by atoms with Crippen molar-refractivity contribution in [3.63, 3.8) is 0 Å². The molecule has 1 saturated heterocycles. The summed E-state index contributed by atoms with van der Waals surface area (Å²) in [7, 11) is 0. The number of anilines is 1. The van der Waals surface area contributed by atoms with Gasteiger partial charge < -0.3 is 19.5 Å². The van der Waals surface area contributed by atoms with E-state index in [1.807, 2.05) is 19.2 Å². The first-order chi connectivity index (χ1) is 9.56. The second kappa shape index (κ2) is 4.85. The van der Waals surface area contributed by atoms with Crippen LogP contribution in [-0.4, -0.2) is 46.3 Å². The van der Waals surface area contributed by atoms with Gasteiger partial charge in [-0.15, -0.1) is 0 Å². The summed E-state index contributed by atoms with van der Waals surface area (Å²) in [6.07, 6.45) is 3.17. The lowest BCUT2D eigenvalue weighted by Crippen LogP contribution is -2.53. The molecule has 1 aromatic heterocycles. The Kier molecular flexibility index (Phi) is 3.16. The molecular formula is C14H19N3O3. The monoisotopic (exact) mass is 277 g/mol. The molecule has 0 spiro atoms. The first kappa shape index (κ1) is 13.0.